The molecule has 0 saturated carbocycles. The topological polar surface area (TPSA) is 46.6 Å². The van der Waals surface area contributed by atoms with Crippen molar-refractivity contribution in [3.05, 3.63) is 0 Å². The van der Waals surface area contributed by atoms with E-state index in [4.69, 9.17) is 0 Å². The summed E-state index contributed by atoms with van der Waals surface area (Å²) in [7, 11) is -3.50. The van der Waals surface area contributed by atoms with E-state index in [0.717, 1.165) is 0 Å². The summed E-state index contributed by atoms with van der Waals surface area (Å²) in [5, 5.41) is 0. The molecular formula is C12H22F5NO3S. The number of sulfonamides is 1. The number of rotatable bonds is 8. The Labute approximate surface area is 127 Å². The summed E-state index contributed by atoms with van der Waals surface area (Å²) in [5.41, 5.74) is -0.298. The second kappa shape index (κ2) is 7.39. The number of ether oxygens (including phenoxy) is 1. The third kappa shape index (κ3) is 7.19. The smallest absolute Gasteiger partial charge is 0.383 e. The van der Waals surface area contributed by atoms with Gasteiger partial charge in [0.15, 0.2) is 0 Å². The monoisotopic (exact) mass is 355 g/mol. The molecule has 134 valence electrons. The van der Waals surface area contributed by atoms with Crippen LogP contribution in [0.4, 0.5) is 22.0 Å². The molecule has 0 fully saturated rings. The summed E-state index contributed by atoms with van der Waals surface area (Å²) in [4.78, 5) is 0. The first-order chi connectivity index (χ1) is 9.62. The van der Waals surface area contributed by atoms with Crippen LogP contribution in [0.1, 0.15) is 27.2 Å². The molecule has 0 amide bonds. The largest absolute Gasteiger partial charge is 0.454 e. The maximum Gasteiger partial charge on any atom is 0.454 e. The van der Waals surface area contributed by atoms with Gasteiger partial charge in [0.1, 0.15) is 5.75 Å². The fourth-order valence-corrected chi connectivity index (χ4v) is 2.97. The number of methoxy groups -OCH3 is 1. The van der Waals surface area contributed by atoms with Crippen LogP contribution in [0.25, 0.3) is 0 Å². The van der Waals surface area contributed by atoms with Crippen molar-refractivity contribution in [1.82, 2.24) is 4.31 Å². The first kappa shape index (κ1) is 21.5. The number of halogens is 5. The molecule has 10 heteroatoms. The summed E-state index contributed by atoms with van der Waals surface area (Å²) < 4.78 is 91.8. The van der Waals surface area contributed by atoms with E-state index in [1.165, 1.54) is 7.11 Å². The fourth-order valence-electron chi connectivity index (χ4n) is 1.45. The molecule has 0 aromatic heterocycles. The van der Waals surface area contributed by atoms with E-state index in [0.29, 0.717) is 10.7 Å². The van der Waals surface area contributed by atoms with Gasteiger partial charge in [0.25, 0.3) is 0 Å². The van der Waals surface area contributed by atoms with Gasteiger partial charge in [-0.05, 0) is 11.8 Å². The Kier molecular flexibility index (Phi) is 7.23. The first-order valence-electron chi connectivity index (χ1n) is 6.54. The maximum absolute atomic E-state index is 13.0. The number of hydrogen-bond donors (Lipinski definition) is 0. The second-order valence-corrected chi connectivity index (χ2v) is 8.13. The van der Waals surface area contributed by atoms with Gasteiger partial charge in [-0.15, -0.1) is 0 Å². The Morgan fingerprint density at radius 1 is 1.00 bits per heavy atom. The van der Waals surface area contributed by atoms with Crippen LogP contribution in [0.15, 0.2) is 0 Å². The lowest BCUT2D eigenvalue weighted by Gasteiger charge is -2.28. The second-order valence-electron chi connectivity index (χ2n) is 6.16. The standard InChI is InChI=1S/C12H22F5NO3S/c1-10(2,3)5-6-18(7-8-21-4)22(19,20)9-11(13,14)12(15,16)17/h5-9H2,1-4H3. The Bertz CT molecular complexity index is 443. The SMILES string of the molecule is COCCN(CCC(C)(C)C)S(=O)(=O)CC(F)(F)C(F)(F)F. The highest BCUT2D eigenvalue weighted by Crippen LogP contribution is 2.37. The van der Waals surface area contributed by atoms with Crippen molar-refractivity contribution in [2.45, 2.75) is 39.3 Å². The Morgan fingerprint density at radius 3 is 1.86 bits per heavy atom. The molecule has 0 aromatic rings. The highest BCUT2D eigenvalue weighted by atomic mass is 32.2. The van der Waals surface area contributed by atoms with E-state index in [9.17, 15) is 30.4 Å². The van der Waals surface area contributed by atoms with Crippen molar-refractivity contribution < 1.29 is 35.1 Å². The Morgan fingerprint density at radius 2 is 1.50 bits per heavy atom. The molecule has 0 saturated heterocycles. The Balaban J connectivity index is 5.18. The van der Waals surface area contributed by atoms with Crippen molar-refractivity contribution in [2.24, 2.45) is 5.41 Å². The molecule has 0 unspecified atom stereocenters. The van der Waals surface area contributed by atoms with Crippen molar-refractivity contribution in [2.75, 3.05) is 32.6 Å². The van der Waals surface area contributed by atoms with E-state index < -0.39 is 27.9 Å². The molecule has 0 aliphatic heterocycles. The molecule has 0 heterocycles. The van der Waals surface area contributed by atoms with Crippen LogP contribution in [0.2, 0.25) is 0 Å². The zero-order chi connectivity index (χ0) is 17.8. The van der Waals surface area contributed by atoms with Crippen LogP contribution < -0.4 is 0 Å². The third-order valence-electron chi connectivity index (χ3n) is 2.83. The van der Waals surface area contributed by atoms with Gasteiger partial charge >= 0.3 is 12.1 Å². The minimum atomic E-state index is -5.91. The zero-order valence-electron chi connectivity index (χ0n) is 13.0. The molecule has 0 aromatic carbocycles. The lowest BCUT2D eigenvalue weighted by molar-refractivity contribution is -0.271. The number of hydrogen-bond acceptors (Lipinski definition) is 3. The fraction of sp³-hybridized carbons (Fsp3) is 1.00. The normalized spacial score (nSPS) is 14.6. The van der Waals surface area contributed by atoms with Crippen molar-refractivity contribution in [3.8, 4) is 0 Å². The average molecular weight is 355 g/mol. The van der Waals surface area contributed by atoms with Crippen molar-refractivity contribution in [3.63, 3.8) is 0 Å². The minimum absolute atomic E-state index is 0.0963. The molecule has 22 heavy (non-hydrogen) atoms. The predicted octanol–water partition coefficient (Wildman–Crippen LogP) is 2.90. The quantitative estimate of drug-likeness (QED) is 0.629. The van der Waals surface area contributed by atoms with Gasteiger partial charge in [0, 0.05) is 20.2 Å². The lowest BCUT2D eigenvalue weighted by Crippen LogP contribution is -2.48. The predicted molar refractivity (Wildman–Crippen MR) is 72.3 cm³/mol. The lowest BCUT2D eigenvalue weighted by atomic mass is 9.92. The van der Waals surface area contributed by atoms with Gasteiger partial charge in [0.2, 0.25) is 10.0 Å². The average Bonchev–Trinajstić information content (AvgIpc) is 2.23. The minimum Gasteiger partial charge on any atom is -0.383 e. The van der Waals surface area contributed by atoms with Gasteiger partial charge in [-0.3, -0.25) is 0 Å². The van der Waals surface area contributed by atoms with Gasteiger partial charge in [-0.25, -0.2) is 8.42 Å². The van der Waals surface area contributed by atoms with Crippen molar-refractivity contribution in [1.29, 1.82) is 0 Å². The molecule has 4 nitrogen and oxygen atoms in total. The van der Waals surface area contributed by atoms with Crippen LogP contribution >= 0.6 is 0 Å². The van der Waals surface area contributed by atoms with Gasteiger partial charge in [0.05, 0.1) is 6.61 Å². The maximum atomic E-state index is 13.0. The van der Waals surface area contributed by atoms with Crippen molar-refractivity contribution >= 4 is 10.0 Å². The summed E-state index contributed by atoms with van der Waals surface area (Å²) in [6.45, 7) is 4.89. The first-order valence-corrected chi connectivity index (χ1v) is 8.15. The van der Waals surface area contributed by atoms with Crippen LogP contribution in [-0.4, -0.2) is 57.4 Å². The zero-order valence-corrected chi connectivity index (χ0v) is 13.8. The molecular weight excluding hydrogens is 333 g/mol. The van der Waals surface area contributed by atoms with Gasteiger partial charge < -0.3 is 4.74 Å². The van der Waals surface area contributed by atoms with E-state index in [-0.39, 0.29) is 25.1 Å². The molecule has 0 aliphatic rings. The molecule has 0 bridgehead atoms. The highest BCUT2D eigenvalue weighted by Gasteiger charge is 2.60. The highest BCUT2D eigenvalue weighted by molar-refractivity contribution is 7.89. The molecule has 0 spiro atoms. The van der Waals surface area contributed by atoms with Crippen LogP contribution in [0, 0.1) is 5.41 Å². The van der Waals surface area contributed by atoms with Gasteiger partial charge in [-0.1, -0.05) is 20.8 Å². The summed E-state index contributed by atoms with van der Waals surface area (Å²) >= 11 is 0. The van der Waals surface area contributed by atoms with Crippen LogP contribution in [-0.2, 0) is 14.8 Å². The molecule has 0 aliphatic carbocycles. The summed E-state index contributed by atoms with van der Waals surface area (Å²) in [5.74, 6) is -7.59. The Hall–Kier alpha value is -0.480. The van der Waals surface area contributed by atoms with Gasteiger partial charge in [-0.2, -0.15) is 26.3 Å². The van der Waals surface area contributed by atoms with E-state index >= 15 is 0 Å². The van der Waals surface area contributed by atoms with E-state index in [1.54, 1.807) is 20.8 Å². The van der Waals surface area contributed by atoms with E-state index in [1.807, 2.05) is 0 Å². The third-order valence-corrected chi connectivity index (χ3v) is 4.71. The van der Waals surface area contributed by atoms with E-state index in [2.05, 4.69) is 4.74 Å². The molecule has 0 atom stereocenters. The molecule has 0 rings (SSSR count). The molecule has 0 N–H and O–H groups in total. The van der Waals surface area contributed by atoms with Crippen LogP contribution in [0.3, 0.4) is 0 Å². The molecule has 0 radical (unpaired) electrons. The van der Waals surface area contributed by atoms with Crippen LogP contribution in [0.5, 0.6) is 0 Å². The summed E-state index contributed by atoms with van der Waals surface area (Å²) in [6.07, 6.45) is -5.59. The summed E-state index contributed by atoms with van der Waals surface area (Å²) in [6, 6.07) is 0. The number of alkyl halides is 5. The number of nitrogens with zero attached hydrogens (tertiary/aromatic N) is 1.